The van der Waals surface area contributed by atoms with Crippen LogP contribution in [0, 0.1) is 5.82 Å². The third-order valence-electron chi connectivity index (χ3n) is 3.98. The van der Waals surface area contributed by atoms with Crippen molar-refractivity contribution in [2.45, 2.75) is 13.0 Å². The third kappa shape index (κ3) is 4.89. The number of nitrogens with zero attached hydrogens (tertiary/aromatic N) is 1. The number of benzene rings is 2. The molecule has 0 saturated carbocycles. The van der Waals surface area contributed by atoms with E-state index in [1.165, 1.54) is 11.6 Å². The van der Waals surface area contributed by atoms with Gasteiger partial charge in [-0.05, 0) is 30.2 Å². The summed E-state index contributed by atoms with van der Waals surface area (Å²) in [6.45, 7) is 0.878. The normalized spacial score (nSPS) is 10.3. The van der Waals surface area contributed by atoms with Crippen molar-refractivity contribution >= 4 is 11.6 Å². The summed E-state index contributed by atoms with van der Waals surface area (Å²) in [5.74, 6) is -0.669. The minimum absolute atomic E-state index is 0.124. The zero-order chi connectivity index (χ0) is 18.2. The number of hydrogen-bond donors (Lipinski definition) is 2. The average molecular weight is 349 g/mol. The Hall–Kier alpha value is -3.21. The number of hydrogen-bond acceptors (Lipinski definition) is 3. The fraction of sp³-hybridized carbons (Fsp3) is 0.143. The molecule has 2 N–H and O–H groups in total. The molecule has 0 atom stereocenters. The molecule has 0 aliphatic heterocycles. The quantitative estimate of drug-likeness (QED) is 0.682. The first-order chi connectivity index (χ1) is 12.7. The topological polar surface area (TPSA) is 54.0 Å². The summed E-state index contributed by atoms with van der Waals surface area (Å²) in [6.07, 6.45) is 2.47. The number of aromatic nitrogens is 1. The molecule has 0 aliphatic carbocycles. The summed E-state index contributed by atoms with van der Waals surface area (Å²) in [5.41, 5.74) is 2.81. The Morgan fingerprint density at radius 3 is 2.58 bits per heavy atom. The van der Waals surface area contributed by atoms with Crippen LogP contribution in [-0.2, 0) is 13.0 Å². The molecule has 2 aromatic carbocycles. The fourth-order valence-electron chi connectivity index (χ4n) is 2.57. The molecule has 1 aromatic heterocycles. The van der Waals surface area contributed by atoms with Crippen LogP contribution in [0.3, 0.4) is 0 Å². The molecule has 0 bridgehead atoms. The largest absolute Gasteiger partial charge is 0.385 e. The fourth-order valence-corrected chi connectivity index (χ4v) is 2.57. The molecule has 3 rings (SSSR count). The van der Waals surface area contributed by atoms with Gasteiger partial charge in [-0.1, -0.05) is 48.5 Å². The van der Waals surface area contributed by atoms with Crippen molar-refractivity contribution in [3.63, 3.8) is 0 Å². The van der Waals surface area contributed by atoms with Crippen LogP contribution < -0.4 is 10.6 Å². The summed E-state index contributed by atoms with van der Waals surface area (Å²) in [7, 11) is 0. The second kappa shape index (κ2) is 8.76. The molecule has 0 unspecified atom stereocenters. The molecule has 0 fully saturated rings. The summed E-state index contributed by atoms with van der Waals surface area (Å²) in [6, 6.07) is 20.1. The van der Waals surface area contributed by atoms with Crippen LogP contribution in [0.4, 0.5) is 10.1 Å². The molecule has 26 heavy (non-hydrogen) atoms. The van der Waals surface area contributed by atoms with Gasteiger partial charge in [-0.25, -0.2) is 4.39 Å². The van der Waals surface area contributed by atoms with Gasteiger partial charge in [0.15, 0.2) is 0 Å². The minimum Gasteiger partial charge on any atom is -0.385 e. The van der Waals surface area contributed by atoms with E-state index >= 15 is 0 Å². The number of halogens is 1. The van der Waals surface area contributed by atoms with Gasteiger partial charge in [0.25, 0.3) is 5.91 Å². The summed E-state index contributed by atoms with van der Waals surface area (Å²) in [5, 5.41) is 5.99. The third-order valence-corrected chi connectivity index (χ3v) is 3.98. The van der Waals surface area contributed by atoms with Gasteiger partial charge < -0.3 is 10.6 Å². The zero-order valence-corrected chi connectivity index (χ0v) is 14.3. The molecule has 0 saturated heterocycles. The van der Waals surface area contributed by atoms with Crippen molar-refractivity contribution in [1.82, 2.24) is 10.3 Å². The van der Waals surface area contributed by atoms with Crippen molar-refractivity contribution in [3.05, 3.63) is 95.6 Å². The minimum atomic E-state index is -0.336. The molecular formula is C21H20FN3O. The van der Waals surface area contributed by atoms with Gasteiger partial charge in [-0.2, -0.15) is 0 Å². The molecule has 5 heteroatoms. The van der Waals surface area contributed by atoms with E-state index in [0.717, 1.165) is 18.7 Å². The van der Waals surface area contributed by atoms with Crippen molar-refractivity contribution in [1.29, 1.82) is 0 Å². The number of carbonyl (C=O) groups excluding carboxylic acids is 1. The van der Waals surface area contributed by atoms with Gasteiger partial charge in [0.05, 0.1) is 0 Å². The van der Waals surface area contributed by atoms with Crippen LogP contribution in [0.2, 0.25) is 0 Å². The molecule has 0 aliphatic rings. The number of rotatable bonds is 7. The molecular weight excluding hydrogens is 329 g/mol. The summed E-state index contributed by atoms with van der Waals surface area (Å²) < 4.78 is 13.6. The van der Waals surface area contributed by atoms with E-state index in [2.05, 4.69) is 27.8 Å². The number of pyridine rings is 1. The Morgan fingerprint density at radius 2 is 1.77 bits per heavy atom. The van der Waals surface area contributed by atoms with Crippen LogP contribution in [0.1, 0.15) is 21.6 Å². The Bertz CT molecular complexity index is 868. The number of anilines is 1. The molecule has 1 heterocycles. The van der Waals surface area contributed by atoms with Crippen molar-refractivity contribution in [2.75, 3.05) is 11.9 Å². The highest BCUT2D eigenvalue weighted by Crippen LogP contribution is 2.10. The van der Waals surface area contributed by atoms with Crippen molar-refractivity contribution in [2.24, 2.45) is 0 Å². The molecule has 4 nitrogen and oxygen atoms in total. The van der Waals surface area contributed by atoms with E-state index in [9.17, 15) is 9.18 Å². The van der Waals surface area contributed by atoms with E-state index in [4.69, 9.17) is 0 Å². The summed E-state index contributed by atoms with van der Waals surface area (Å²) in [4.78, 5) is 16.3. The molecule has 0 spiro atoms. The highest BCUT2D eigenvalue weighted by molar-refractivity contribution is 5.93. The first-order valence-corrected chi connectivity index (χ1v) is 8.48. The van der Waals surface area contributed by atoms with Crippen LogP contribution in [0.5, 0.6) is 0 Å². The van der Waals surface area contributed by atoms with E-state index in [1.807, 2.05) is 24.3 Å². The van der Waals surface area contributed by atoms with Crippen LogP contribution in [0.15, 0.2) is 72.9 Å². The molecule has 1 amide bonds. The number of nitrogens with one attached hydrogen (secondary N) is 2. The Kier molecular flexibility index (Phi) is 5.93. The predicted octanol–water partition coefficient (Wildman–Crippen LogP) is 3.81. The van der Waals surface area contributed by atoms with Crippen molar-refractivity contribution < 1.29 is 9.18 Å². The van der Waals surface area contributed by atoms with Gasteiger partial charge >= 0.3 is 0 Å². The monoisotopic (exact) mass is 349 g/mol. The Morgan fingerprint density at radius 1 is 1.00 bits per heavy atom. The van der Waals surface area contributed by atoms with E-state index in [1.54, 1.807) is 30.5 Å². The van der Waals surface area contributed by atoms with E-state index < -0.39 is 0 Å². The van der Waals surface area contributed by atoms with Crippen LogP contribution >= 0.6 is 0 Å². The van der Waals surface area contributed by atoms with Crippen LogP contribution in [-0.4, -0.2) is 17.4 Å². The lowest BCUT2D eigenvalue weighted by atomic mass is 10.1. The average Bonchev–Trinajstić information content (AvgIpc) is 2.68. The first-order valence-electron chi connectivity index (χ1n) is 8.48. The van der Waals surface area contributed by atoms with Gasteiger partial charge in [-0.15, -0.1) is 0 Å². The number of amides is 1. The lowest BCUT2D eigenvalue weighted by Crippen LogP contribution is -2.24. The smallest absolute Gasteiger partial charge is 0.270 e. The summed E-state index contributed by atoms with van der Waals surface area (Å²) >= 11 is 0. The maximum Gasteiger partial charge on any atom is 0.270 e. The van der Waals surface area contributed by atoms with Gasteiger partial charge in [0.1, 0.15) is 11.5 Å². The molecule has 132 valence electrons. The van der Waals surface area contributed by atoms with E-state index in [0.29, 0.717) is 11.3 Å². The molecule has 3 aromatic rings. The van der Waals surface area contributed by atoms with Gasteiger partial charge in [0.2, 0.25) is 0 Å². The van der Waals surface area contributed by atoms with Crippen LogP contribution in [0.25, 0.3) is 0 Å². The number of carbonyl (C=O) groups is 1. The maximum atomic E-state index is 13.6. The standard InChI is InChI=1S/C21H20FN3O/c22-19-9-5-4-8-17(19)15-25-21(26)20-14-18(11-13-24-20)23-12-10-16-6-2-1-3-7-16/h1-9,11,13-14H,10,12,15H2,(H,23,24)(H,25,26). The second-order valence-corrected chi connectivity index (χ2v) is 5.87. The predicted molar refractivity (Wildman–Crippen MR) is 100 cm³/mol. The lowest BCUT2D eigenvalue weighted by molar-refractivity contribution is 0.0945. The van der Waals surface area contributed by atoms with Gasteiger partial charge in [-0.3, -0.25) is 9.78 Å². The highest BCUT2D eigenvalue weighted by Gasteiger charge is 2.09. The van der Waals surface area contributed by atoms with Gasteiger partial charge in [0, 0.05) is 30.5 Å². The zero-order valence-electron chi connectivity index (χ0n) is 14.3. The second-order valence-electron chi connectivity index (χ2n) is 5.87. The molecule has 0 radical (unpaired) electrons. The first kappa shape index (κ1) is 17.6. The van der Waals surface area contributed by atoms with Crippen molar-refractivity contribution in [3.8, 4) is 0 Å². The Labute approximate surface area is 152 Å². The lowest BCUT2D eigenvalue weighted by Gasteiger charge is -2.09. The van der Waals surface area contributed by atoms with E-state index in [-0.39, 0.29) is 18.3 Å². The highest BCUT2D eigenvalue weighted by atomic mass is 19.1. The SMILES string of the molecule is O=C(NCc1ccccc1F)c1cc(NCCc2ccccc2)ccn1. The Balaban J connectivity index is 1.54. The maximum absolute atomic E-state index is 13.6.